The minimum atomic E-state index is -4.54. The normalized spacial score (nSPS) is 12.1. The van der Waals surface area contributed by atoms with Crippen LogP contribution in [0.25, 0.3) is 33.9 Å². The highest BCUT2D eigenvalue weighted by molar-refractivity contribution is 5.79. The number of hydrogen-bond donors (Lipinski definition) is 0. The van der Waals surface area contributed by atoms with Gasteiger partial charge in [-0.15, -0.1) is 0 Å². The number of imidazole rings is 2. The van der Waals surface area contributed by atoms with Crippen molar-refractivity contribution in [2.75, 3.05) is 7.11 Å². The predicted molar refractivity (Wildman–Crippen MR) is 119 cm³/mol. The third kappa shape index (κ3) is 3.11. The lowest BCUT2D eigenvalue weighted by atomic mass is 10.1. The number of methoxy groups -OCH3 is 1. The van der Waals surface area contributed by atoms with Gasteiger partial charge in [0.1, 0.15) is 5.75 Å². The van der Waals surface area contributed by atoms with Crippen molar-refractivity contribution in [1.82, 2.24) is 23.1 Å². The molecule has 8 nitrogen and oxygen atoms in total. The lowest BCUT2D eigenvalue weighted by Gasteiger charge is -2.12. The molecular weight excluding hydrogens is 451 g/mol. The fourth-order valence-electron chi connectivity index (χ4n) is 4.01. The number of benzene rings is 2. The lowest BCUT2D eigenvalue weighted by molar-refractivity contribution is -0.137. The number of aromatic nitrogens is 5. The van der Waals surface area contributed by atoms with Crippen molar-refractivity contribution in [2.45, 2.75) is 6.18 Å². The molecule has 0 aliphatic rings. The maximum atomic E-state index is 13.5. The van der Waals surface area contributed by atoms with Crippen molar-refractivity contribution in [3.63, 3.8) is 0 Å². The Bertz CT molecular complexity index is 1690. The Labute approximate surface area is 189 Å². The molecule has 5 aromatic rings. The number of nitrogens with zero attached hydrogens (tertiary/aromatic N) is 5. The van der Waals surface area contributed by atoms with Crippen LogP contribution in [0.2, 0.25) is 0 Å². The number of alkyl halides is 3. The Morgan fingerprint density at radius 2 is 1.68 bits per heavy atom. The molecular formula is C23H18F3N5O3. The molecule has 0 N–H and O–H groups in total. The summed E-state index contributed by atoms with van der Waals surface area (Å²) in [5, 5.41) is 0. The second-order valence-electron chi connectivity index (χ2n) is 7.79. The van der Waals surface area contributed by atoms with Crippen molar-refractivity contribution in [3.05, 3.63) is 81.1 Å². The highest BCUT2D eigenvalue weighted by atomic mass is 19.4. The van der Waals surface area contributed by atoms with Gasteiger partial charge in [-0.3, -0.25) is 22.9 Å². The van der Waals surface area contributed by atoms with Gasteiger partial charge in [0, 0.05) is 31.5 Å². The maximum Gasteiger partial charge on any atom is 0.416 e. The molecule has 0 aliphatic heterocycles. The van der Waals surface area contributed by atoms with Crippen molar-refractivity contribution in [2.24, 2.45) is 14.1 Å². The Morgan fingerprint density at radius 1 is 0.971 bits per heavy atom. The van der Waals surface area contributed by atoms with E-state index < -0.39 is 23.0 Å². The highest BCUT2D eigenvalue weighted by Gasteiger charge is 2.31. The molecule has 0 atom stereocenters. The molecule has 11 heteroatoms. The summed E-state index contributed by atoms with van der Waals surface area (Å²) < 4.78 is 50.8. The van der Waals surface area contributed by atoms with Crippen molar-refractivity contribution < 1.29 is 17.9 Å². The third-order valence-electron chi connectivity index (χ3n) is 5.78. The average molecular weight is 469 g/mol. The van der Waals surface area contributed by atoms with E-state index in [0.717, 1.165) is 16.7 Å². The zero-order chi connectivity index (χ0) is 24.4. The summed E-state index contributed by atoms with van der Waals surface area (Å²) in [5.41, 5.74) is -0.303. The molecule has 0 unspecified atom stereocenters. The molecule has 0 saturated heterocycles. The number of aryl methyl sites for hydroxylation is 1. The van der Waals surface area contributed by atoms with Crippen LogP contribution in [0.1, 0.15) is 5.56 Å². The molecule has 0 radical (unpaired) electrons. The molecule has 5 rings (SSSR count). The Balaban J connectivity index is 1.91. The van der Waals surface area contributed by atoms with E-state index in [1.165, 1.54) is 46.9 Å². The zero-order valence-corrected chi connectivity index (χ0v) is 18.3. The van der Waals surface area contributed by atoms with E-state index >= 15 is 0 Å². The minimum Gasteiger partial charge on any atom is -0.497 e. The van der Waals surface area contributed by atoms with Gasteiger partial charge in [0.05, 0.1) is 18.4 Å². The monoisotopic (exact) mass is 469 g/mol. The highest BCUT2D eigenvalue weighted by Crippen LogP contribution is 2.34. The van der Waals surface area contributed by atoms with Crippen molar-refractivity contribution in [3.8, 4) is 22.7 Å². The van der Waals surface area contributed by atoms with Gasteiger partial charge in [-0.1, -0.05) is 6.07 Å². The van der Waals surface area contributed by atoms with Crippen molar-refractivity contribution in [1.29, 1.82) is 0 Å². The third-order valence-corrected chi connectivity index (χ3v) is 5.78. The number of halogens is 3. The lowest BCUT2D eigenvalue weighted by Crippen LogP contribution is -2.37. The van der Waals surface area contributed by atoms with E-state index in [4.69, 9.17) is 4.74 Å². The first kappa shape index (κ1) is 21.6. The van der Waals surface area contributed by atoms with Crippen LogP contribution in [0, 0.1) is 0 Å². The second-order valence-corrected chi connectivity index (χ2v) is 7.79. The van der Waals surface area contributed by atoms with E-state index in [2.05, 4.69) is 4.98 Å². The average Bonchev–Trinajstić information content (AvgIpc) is 3.37. The molecule has 3 heterocycles. The van der Waals surface area contributed by atoms with Crippen LogP contribution in [0.4, 0.5) is 13.2 Å². The Morgan fingerprint density at radius 3 is 2.32 bits per heavy atom. The first-order valence-electron chi connectivity index (χ1n) is 10.1. The summed E-state index contributed by atoms with van der Waals surface area (Å²) in [4.78, 5) is 29.8. The second kappa shape index (κ2) is 7.37. The molecule has 0 saturated carbocycles. The van der Waals surface area contributed by atoms with Gasteiger partial charge >= 0.3 is 11.9 Å². The summed E-state index contributed by atoms with van der Waals surface area (Å²) in [6.45, 7) is 0. The van der Waals surface area contributed by atoms with Crippen LogP contribution >= 0.6 is 0 Å². The van der Waals surface area contributed by atoms with E-state index in [0.29, 0.717) is 17.0 Å². The van der Waals surface area contributed by atoms with Gasteiger partial charge in [0.15, 0.2) is 11.2 Å². The molecule has 0 fully saturated rings. The molecule has 2 aromatic carbocycles. The summed E-state index contributed by atoms with van der Waals surface area (Å²) >= 11 is 0. The molecule has 0 bridgehead atoms. The van der Waals surface area contributed by atoms with Crippen LogP contribution in [0.3, 0.4) is 0 Å². The topological polar surface area (TPSA) is 75.5 Å². The van der Waals surface area contributed by atoms with Crippen LogP contribution in [0.15, 0.2) is 64.3 Å². The Hall–Kier alpha value is -4.28. The van der Waals surface area contributed by atoms with Crippen LogP contribution in [0.5, 0.6) is 5.75 Å². The van der Waals surface area contributed by atoms with E-state index in [1.54, 1.807) is 30.5 Å². The van der Waals surface area contributed by atoms with Gasteiger partial charge in [0.25, 0.3) is 5.56 Å². The maximum absolute atomic E-state index is 13.5. The number of rotatable bonds is 3. The van der Waals surface area contributed by atoms with E-state index in [1.807, 2.05) is 0 Å². The molecule has 174 valence electrons. The summed E-state index contributed by atoms with van der Waals surface area (Å²) in [5.74, 6) is 0.804. The molecule has 34 heavy (non-hydrogen) atoms. The summed E-state index contributed by atoms with van der Waals surface area (Å²) in [6, 6.07) is 11.8. The number of ether oxygens (including phenoxy) is 1. The fourth-order valence-corrected chi connectivity index (χ4v) is 4.01. The van der Waals surface area contributed by atoms with Gasteiger partial charge < -0.3 is 4.74 Å². The first-order chi connectivity index (χ1) is 16.1. The Kier molecular flexibility index (Phi) is 4.67. The van der Waals surface area contributed by atoms with Crippen LogP contribution in [-0.2, 0) is 20.3 Å². The van der Waals surface area contributed by atoms with Crippen LogP contribution in [-0.4, -0.2) is 30.2 Å². The van der Waals surface area contributed by atoms with Crippen LogP contribution < -0.4 is 16.0 Å². The largest absolute Gasteiger partial charge is 0.497 e. The molecule has 0 spiro atoms. The SMILES string of the molecule is COc1ccc(-c2cn3c4c(=O)n(C)c(=O)n(C)c4nc3n2-c2cccc(C(F)(F)F)c2)cc1. The fraction of sp³-hybridized carbons (Fsp3) is 0.174. The zero-order valence-electron chi connectivity index (χ0n) is 18.3. The molecule has 0 amide bonds. The standard InChI is InChI=1S/C23H18F3N5O3/c1-28-19-18(20(32)29(2)22(28)33)30-12-17(13-7-9-16(34-3)10-8-13)31(21(30)27-19)15-6-4-5-14(11-15)23(24,25)26/h4-12H,1-3H3. The summed E-state index contributed by atoms with van der Waals surface area (Å²) in [7, 11) is 4.37. The van der Waals surface area contributed by atoms with Gasteiger partial charge in [-0.25, -0.2) is 4.79 Å². The van der Waals surface area contributed by atoms with E-state index in [9.17, 15) is 22.8 Å². The van der Waals surface area contributed by atoms with Gasteiger partial charge in [0.2, 0.25) is 5.78 Å². The van der Waals surface area contributed by atoms with Gasteiger partial charge in [-0.05, 0) is 42.5 Å². The smallest absolute Gasteiger partial charge is 0.416 e. The number of hydrogen-bond acceptors (Lipinski definition) is 4. The minimum absolute atomic E-state index is 0.130. The van der Waals surface area contributed by atoms with Crippen molar-refractivity contribution >= 4 is 16.9 Å². The number of fused-ring (bicyclic) bond motifs is 3. The molecule has 0 aliphatic carbocycles. The molecule has 3 aromatic heterocycles. The first-order valence-corrected chi connectivity index (χ1v) is 10.1. The quantitative estimate of drug-likeness (QED) is 0.406. The predicted octanol–water partition coefficient (Wildman–Crippen LogP) is 3.37. The summed E-state index contributed by atoms with van der Waals surface area (Å²) in [6.07, 6.45) is -2.92. The van der Waals surface area contributed by atoms with E-state index in [-0.39, 0.29) is 22.6 Å². The van der Waals surface area contributed by atoms with Gasteiger partial charge in [-0.2, -0.15) is 18.2 Å².